The van der Waals surface area contributed by atoms with Crippen molar-refractivity contribution in [3.8, 4) is 0 Å². The number of hydrogen-bond donors (Lipinski definition) is 1. The molecule has 0 aliphatic carbocycles. The van der Waals surface area contributed by atoms with Gasteiger partial charge in [-0.05, 0) is 28.5 Å². The molecule has 25 heavy (non-hydrogen) atoms. The standard InChI is InChI=1S/C21H19N3O/c1-24-19-9-5-4-8-18(19)23-20(24)14-22-21(25)13-15-10-11-16-6-2-3-7-17(16)12-15/h2-12H,13-14H2,1H3,(H,22,25). The Kier molecular flexibility index (Phi) is 3.94. The minimum Gasteiger partial charge on any atom is -0.349 e. The van der Waals surface area contributed by atoms with Gasteiger partial charge in [-0.15, -0.1) is 0 Å². The van der Waals surface area contributed by atoms with Gasteiger partial charge in [-0.25, -0.2) is 4.98 Å². The Morgan fingerprint density at radius 1 is 1.00 bits per heavy atom. The van der Waals surface area contributed by atoms with Gasteiger partial charge in [-0.3, -0.25) is 4.79 Å². The highest BCUT2D eigenvalue weighted by molar-refractivity contribution is 5.85. The van der Waals surface area contributed by atoms with E-state index in [1.54, 1.807) is 0 Å². The molecule has 1 N–H and O–H groups in total. The van der Waals surface area contributed by atoms with E-state index in [-0.39, 0.29) is 5.91 Å². The van der Waals surface area contributed by atoms with Gasteiger partial charge in [0, 0.05) is 7.05 Å². The lowest BCUT2D eigenvalue weighted by Crippen LogP contribution is -2.25. The Balaban J connectivity index is 1.45. The summed E-state index contributed by atoms with van der Waals surface area (Å²) in [5.41, 5.74) is 3.03. The molecule has 0 saturated carbocycles. The molecule has 0 atom stereocenters. The summed E-state index contributed by atoms with van der Waals surface area (Å²) in [6.07, 6.45) is 0.370. The minimum atomic E-state index is 0.00216. The van der Waals surface area contributed by atoms with Gasteiger partial charge >= 0.3 is 0 Å². The van der Waals surface area contributed by atoms with Crippen molar-refractivity contribution in [2.45, 2.75) is 13.0 Å². The lowest BCUT2D eigenvalue weighted by molar-refractivity contribution is -0.120. The molecule has 4 rings (SSSR count). The molecule has 1 aromatic heterocycles. The van der Waals surface area contributed by atoms with E-state index in [2.05, 4.69) is 34.6 Å². The molecule has 1 heterocycles. The molecule has 0 unspecified atom stereocenters. The molecule has 124 valence electrons. The van der Waals surface area contributed by atoms with Crippen molar-refractivity contribution >= 4 is 27.7 Å². The number of nitrogens with one attached hydrogen (secondary N) is 1. The third kappa shape index (κ3) is 3.11. The number of benzene rings is 3. The number of imidazole rings is 1. The van der Waals surface area contributed by atoms with Crippen LogP contribution in [0, 0.1) is 0 Å². The third-order valence-electron chi connectivity index (χ3n) is 4.50. The zero-order chi connectivity index (χ0) is 17.2. The Hall–Kier alpha value is -3.14. The summed E-state index contributed by atoms with van der Waals surface area (Å²) >= 11 is 0. The first kappa shape index (κ1) is 15.4. The van der Waals surface area contributed by atoms with Crippen LogP contribution in [0.5, 0.6) is 0 Å². The van der Waals surface area contributed by atoms with Crippen LogP contribution >= 0.6 is 0 Å². The number of amides is 1. The van der Waals surface area contributed by atoms with Crippen molar-refractivity contribution in [3.63, 3.8) is 0 Å². The molecule has 3 aromatic carbocycles. The fourth-order valence-electron chi connectivity index (χ4n) is 3.13. The summed E-state index contributed by atoms with van der Waals surface area (Å²) in [6.45, 7) is 0.428. The summed E-state index contributed by atoms with van der Waals surface area (Å²) in [4.78, 5) is 16.9. The molecule has 0 aliphatic heterocycles. The van der Waals surface area contributed by atoms with Crippen molar-refractivity contribution in [2.24, 2.45) is 7.05 Å². The molecule has 4 heteroatoms. The van der Waals surface area contributed by atoms with Crippen LogP contribution < -0.4 is 5.32 Å². The van der Waals surface area contributed by atoms with E-state index in [1.807, 2.05) is 54.1 Å². The van der Waals surface area contributed by atoms with Crippen LogP contribution in [0.1, 0.15) is 11.4 Å². The number of hydrogen-bond acceptors (Lipinski definition) is 2. The molecule has 0 saturated heterocycles. The second-order valence-electron chi connectivity index (χ2n) is 6.21. The van der Waals surface area contributed by atoms with Gasteiger partial charge < -0.3 is 9.88 Å². The topological polar surface area (TPSA) is 46.9 Å². The predicted molar refractivity (Wildman–Crippen MR) is 100 cm³/mol. The Morgan fingerprint density at radius 3 is 2.60 bits per heavy atom. The van der Waals surface area contributed by atoms with E-state index < -0.39 is 0 Å². The quantitative estimate of drug-likeness (QED) is 0.622. The SMILES string of the molecule is Cn1c(CNC(=O)Cc2ccc3ccccc3c2)nc2ccccc21. The van der Waals surface area contributed by atoms with Gasteiger partial charge in [0.1, 0.15) is 5.82 Å². The predicted octanol–water partition coefficient (Wildman–Crippen LogP) is 3.59. The minimum absolute atomic E-state index is 0.00216. The molecule has 0 spiro atoms. The van der Waals surface area contributed by atoms with Crippen LogP contribution in [-0.4, -0.2) is 15.5 Å². The van der Waals surface area contributed by atoms with E-state index in [0.717, 1.165) is 27.8 Å². The zero-order valence-corrected chi connectivity index (χ0v) is 14.1. The fourth-order valence-corrected chi connectivity index (χ4v) is 3.13. The van der Waals surface area contributed by atoms with Crippen molar-refractivity contribution in [2.75, 3.05) is 0 Å². The highest BCUT2D eigenvalue weighted by Gasteiger charge is 2.09. The smallest absolute Gasteiger partial charge is 0.224 e. The number of carbonyl (C=O) groups is 1. The number of para-hydroxylation sites is 2. The van der Waals surface area contributed by atoms with Crippen molar-refractivity contribution < 1.29 is 4.79 Å². The van der Waals surface area contributed by atoms with E-state index in [1.165, 1.54) is 5.39 Å². The van der Waals surface area contributed by atoms with Gasteiger partial charge in [0.2, 0.25) is 5.91 Å². The highest BCUT2D eigenvalue weighted by Crippen LogP contribution is 2.16. The van der Waals surface area contributed by atoms with E-state index in [0.29, 0.717) is 13.0 Å². The number of aromatic nitrogens is 2. The molecule has 4 nitrogen and oxygen atoms in total. The van der Waals surface area contributed by atoms with Gasteiger partial charge in [0.05, 0.1) is 24.0 Å². The Morgan fingerprint density at radius 2 is 1.76 bits per heavy atom. The lowest BCUT2D eigenvalue weighted by atomic mass is 10.1. The van der Waals surface area contributed by atoms with Crippen LogP contribution in [0.2, 0.25) is 0 Å². The van der Waals surface area contributed by atoms with Gasteiger partial charge in [-0.2, -0.15) is 0 Å². The molecular weight excluding hydrogens is 310 g/mol. The maximum absolute atomic E-state index is 12.3. The maximum atomic E-state index is 12.3. The summed E-state index contributed by atoms with van der Waals surface area (Å²) in [5, 5.41) is 5.32. The molecule has 4 aromatic rings. The number of aryl methyl sites for hydroxylation is 1. The van der Waals surface area contributed by atoms with Crippen molar-refractivity contribution in [1.82, 2.24) is 14.9 Å². The highest BCUT2D eigenvalue weighted by atomic mass is 16.1. The van der Waals surface area contributed by atoms with Crippen molar-refractivity contribution in [3.05, 3.63) is 78.1 Å². The summed E-state index contributed by atoms with van der Waals surface area (Å²) in [7, 11) is 1.97. The maximum Gasteiger partial charge on any atom is 0.224 e. The van der Waals surface area contributed by atoms with E-state index >= 15 is 0 Å². The van der Waals surface area contributed by atoms with Crippen LogP contribution in [0.4, 0.5) is 0 Å². The second kappa shape index (κ2) is 6.40. The molecule has 0 aliphatic rings. The van der Waals surface area contributed by atoms with E-state index in [9.17, 15) is 4.79 Å². The Bertz CT molecular complexity index is 1070. The molecular formula is C21H19N3O. The van der Waals surface area contributed by atoms with Gasteiger partial charge in [0.25, 0.3) is 0 Å². The zero-order valence-electron chi connectivity index (χ0n) is 14.1. The first-order valence-corrected chi connectivity index (χ1v) is 8.35. The molecule has 0 bridgehead atoms. The van der Waals surface area contributed by atoms with Crippen LogP contribution in [0.3, 0.4) is 0 Å². The summed E-state index contributed by atoms with van der Waals surface area (Å²) < 4.78 is 2.02. The first-order chi connectivity index (χ1) is 12.2. The van der Waals surface area contributed by atoms with Crippen LogP contribution in [-0.2, 0) is 24.8 Å². The van der Waals surface area contributed by atoms with Gasteiger partial charge in [0.15, 0.2) is 0 Å². The fraction of sp³-hybridized carbons (Fsp3) is 0.143. The monoisotopic (exact) mass is 329 g/mol. The summed E-state index contributed by atoms with van der Waals surface area (Å²) in [6, 6.07) is 22.3. The molecule has 0 fully saturated rings. The van der Waals surface area contributed by atoms with Crippen LogP contribution in [0.25, 0.3) is 21.8 Å². The average molecular weight is 329 g/mol. The molecule has 1 amide bonds. The third-order valence-corrected chi connectivity index (χ3v) is 4.50. The normalized spacial score (nSPS) is 11.1. The lowest BCUT2D eigenvalue weighted by Gasteiger charge is -2.07. The van der Waals surface area contributed by atoms with Crippen molar-refractivity contribution in [1.29, 1.82) is 0 Å². The average Bonchev–Trinajstić information content (AvgIpc) is 2.96. The summed E-state index contributed by atoms with van der Waals surface area (Å²) in [5.74, 6) is 0.857. The van der Waals surface area contributed by atoms with Crippen LogP contribution in [0.15, 0.2) is 66.7 Å². The first-order valence-electron chi connectivity index (χ1n) is 8.35. The Labute approximate surface area is 146 Å². The number of fused-ring (bicyclic) bond motifs is 2. The molecule has 0 radical (unpaired) electrons. The van der Waals surface area contributed by atoms with E-state index in [4.69, 9.17) is 0 Å². The number of rotatable bonds is 4. The van der Waals surface area contributed by atoms with Gasteiger partial charge in [-0.1, -0.05) is 54.6 Å². The number of nitrogens with zero attached hydrogens (tertiary/aromatic N) is 2. The number of carbonyl (C=O) groups excluding carboxylic acids is 1. The second-order valence-corrected chi connectivity index (χ2v) is 6.21. The largest absolute Gasteiger partial charge is 0.349 e.